The van der Waals surface area contributed by atoms with Crippen LogP contribution < -0.4 is 20.3 Å². The van der Waals surface area contributed by atoms with Crippen LogP contribution in [0.4, 0.5) is 5.69 Å². The Labute approximate surface area is 213 Å². The summed E-state index contributed by atoms with van der Waals surface area (Å²) < 4.78 is 11.2. The number of fused-ring (bicyclic) bond motifs is 1. The molecule has 0 fully saturated rings. The smallest absolute Gasteiger partial charge is 0.253 e. The number of rotatable bonds is 12. The van der Waals surface area contributed by atoms with Crippen LogP contribution in [0.25, 0.3) is 10.9 Å². The van der Waals surface area contributed by atoms with Gasteiger partial charge in [0.2, 0.25) is 0 Å². The molecule has 3 rings (SSSR count). The van der Waals surface area contributed by atoms with E-state index in [9.17, 15) is 4.79 Å². The summed E-state index contributed by atoms with van der Waals surface area (Å²) in [5.74, 6) is 1.60. The molecule has 0 spiro atoms. The number of pyridine rings is 1. The number of thiocarbonyl (C=S) groups is 1. The molecule has 8 heteroatoms. The maximum absolute atomic E-state index is 12.9. The molecule has 0 saturated heterocycles. The van der Waals surface area contributed by atoms with Gasteiger partial charge in [0.05, 0.1) is 19.8 Å². The highest BCUT2D eigenvalue weighted by molar-refractivity contribution is 7.80. The van der Waals surface area contributed by atoms with Crippen molar-refractivity contribution in [1.82, 2.24) is 14.8 Å². The van der Waals surface area contributed by atoms with E-state index in [1.165, 1.54) is 0 Å². The van der Waals surface area contributed by atoms with Crippen LogP contribution in [-0.2, 0) is 6.54 Å². The van der Waals surface area contributed by atoms with Crippen molar-refractivity contribution in [3.63, 3.8) is 0 Å². The monoisotopic (exact) mass is 496 g/mol. The lowest BCUT2D eigenvalue weighted by Gasteiger charge is -2.29. The highest BCUT2D eigenvalue weighted by atomic mass is 32.1. The molecule has 0 amide bonds. The molecule has 188 valence electrons. The molecule has 0 saturated carbocycles. The van der Waals surface area contributed by atoms with Gasteiger partial charge >= 0.3 is 0 Å². The molecule has 35 heavy (non-hydrogen) atoms. The first kappa shape index (κ1) is 26.5. The normalized spacial score (nSPS) is 11.0. The third kappa shape index (κ3) is 7.44. The Morgan fingerprint density at radius 3 is 2.23 bits per heavy atom. The average molecular weight is 497 g/mol. The van der Waals surface area contributed by atoms with Gasteiger partial charge in [0.25, 0.3) is 5.56 Å². The number of nitrogens with zero attached hydrogens (tertiary/aromatic N) is 2. The van der Waals surface area contributed by atoms with E-state index in [1.54, 1.807) is 0 Å². The predicted molar refractivity (Wildman–Crippen MR) is 148 cm³/mol. The van der Waals surface area contributed by atoms with Gasteiger partial charge in [-0.05, 0) is 87.7 Å². The Balaban J connectivity index is 1.84. The van der Waals surface area contributed by atoms with Crippen molar-refractivity contribution < 1.29 is 9.47 Å². The third-order valence-corrected chi connectivity index (χ3v) is 6.21. The summed E-state index contributed by atoms with van der Waals surface area (Å²) in [6.45, 7) is 13.3. The Hall–Kier alpha value is -3.10. The number of hydrogen-bond acceptors (Lipinski definition) is 5. The molecule has 0 aliphatic heterocycles. The lowest BCUT2D eigenvalue weighted by atomic mass is 10.1. The van der Waals surface area contributed by atoms with E-state index in [0.717, 1.165) is 47.7 Å². The summed E-state index contributed by atoms with van der Waals surface area (Å²) in [5.41, 5.74) is 2.20. The van der Waals surface area contributed by atoms with Crippen LogP contribution in [0.2, 0.25) is 0 Å². The van der Waals surface area contributed by atoms with Crippen molar-refractivity contribution in [2.75, 3.05) is 44.7 Å². The first-order chi connectivity index (χ1) is 17.0. The SMILES string of the molecule is CCOc1ccc(NC(=S)N(CCN(CC)CC)Cc2cc3cc(OCC)ccc3[nH]c2=O)cc1. The van der Waals surface area contributed by atoms with E-state index in [1.807, 2.05) is 67.3 Å². The molecule has 0 aliphatic carbocycles. The van der Waals surface area contributed by atoms with Crippen molar-refractivity contribution in [3.05, 3.63) is 64.4 Å². The zero-order valence-electron chi connectivity index (χ0n) is 21.1. The summed E-state index contributed by atoms with van der Waals surface area (Å²) in [4.78, 5) is 20.3. The van der Waals surface area contributed by atoms with Gasteiger partial charge in [0, 0.05) is 35.2 Å². The minimum absolute atomic E-state index is 0.113. The third-order valence-electron chi connectivity index (χ3n) is 5.85. The topological polar surface area (TPSA) is 69.8 Å². The van der Waals surface area contributed by atoms with Crippen LogP contribution in [0.3, 0.4) is 0 Å². The number of H-pyrrole nitrogens is 1. The molecule has 2 N–H and O–H groups in total. The van der Waals surface area contributed by atoms with Crippen LogP contribution in [0, 0.1) is 0 Å². The van der Waals surface area contributed by atoms with Crippen LogP contribution in [0.1, 0.15) is 33.3 Å². The van der Waals surface area contributed by atoms with Crippen molar-refractivity contribution in [2.24, 2.45) is 0 Å². The van der Waals surface area contributed by atoms with Crippen LogP contribution in [0.15, 0.2) is 53.3 Å². The summed E-state index contributed by atoms with van der Waals surface area (Å²) in [6.07, 6.45) is 0. The Bertz CT molecular complexity index is 1160. The molecule has 0 bridgehead atoms. The largest absolute Gasteiger partial charge is 0.494 e. The molecule has 0 unspecified atom stereocenters. The van der Waals surface area contributed by atoms with Gasteiger partial charge < -0.3 is 29.6 Å². The Morgan fingerprint density at radius 2 is 1.57 bits per heavy atom. The van der Waals surface area contributed by atoms with Gasteiger partial charge in [-0.3, -0.25) is 4.79 Å². The van der Waals surface area contributed by atoms with E-state index in [0.29, 0.717) is 37.0 Å². The number of nitrogens with one attached hydrogen (secondary N) is 2. The summed E-state index contributed by atoms with van der Waals surface area (Å²) >= 11 is 5.79. The zero-order valence-corrected chi connectivity index (χ0v) is 21.9. The molecule has 2 aromatic carbocycles. The number of aromatic amines is 1. The molecular formula is C27H36N4O3S. The quantitative estimate of drug-likeness (QED) is 0.347. The highest BCUT2D eigenvalue weighted by Crippen LogP contribution is 2.20. The molecule has 1 heterocycles. The Morgan fingerprint density at radius 1 is 0.914 bits per heavy atom. The average Bonchev–Trinajstić information content (AvgIpc) is 2.86. The fourth-order valence-electron chi connectivity index (χ4n) is 3.87. The summed E-state index contributed by atoms with van der Waals surface area (Å²) in [6, 6.07) is 15.3. The van der Waals surface area contributed by atoms with E-state index < -0.39 is 0 Å². The van der Waals surface area contributed by atoms with Gasteiger partial charge in [0.1, 0.15) is 11.5 Å². The number of benzene rings is 2. The number of anilines is 1. The second kappa shape index (κ2) is 13.1. The second-order valence-corrected chi connectivity index (χ2v) is 8.53. The van der Waals surface area contributed by atoms with Crippen LogP contribution in [0.5, 0.6) is 11.5 Å². The number of hydrogen-bond donors (Lipinski definition) is 2. The molecule has 3 aromatic rings. The van der Waals surface area contributed by atoms with E-state index >= 15 is 0 Å². The zero-order chi connectivity index (χ0) is 25.2. The summed E-state index contributed by atoms with van der Waals surface area (Å²) in [5, 5.41) is 4.83. The van der Waals surface area contributed by atoms with Gasteiger partial charge in [-0.1, -0.05) is 13.8 Å². The standard InChI is InChI=1S/C27H36N4O3S/c1-5-30(6-2)15-16-31(27(35)28-22-9-11-23(12-10-22)33-7-3)19-21-17-20-18-24(34-8-4)13-14-25(20)29-26(21)32/h9-14,17-18H,5-8,15-16,19H2,1-4H3,(H,28,35)(H,29,32). The first-order valence-electron chi connectivity index (χ1n) is 12.3. The van der Waals surface area contributed by atoms with E-state index in [-0.39, 0.29) is 5.56 Å². The number of aromatic nitrogens is 1. The minimum atomic E-state index is -0.113. The molecule has 0 atom stereocenters. The van der Waals surface area contributed by atoms with Crippen LogP contribution >= 0.6 is 12.2 Å². The maximum Gasteiger partial charge on any atom is 0.253 e. The fourth-order valence-corrected chi connectivity index (χ4v) is 4.14. The van der Waals surface area contributed by atoms with Crippen molar-refractivity contribution in [3.8, 4) is 11.5 Å². The summed E-state index contributed by atoms with van der Waals surface area (Å²) in [7, 11) is 0. The van der Waals surface area contributed by atoms with Crippen molar-refractivity contribution in [2.45, 2.75) is 34.2 Å². The lowest BCUT2D eigenvalue weighted by molar-refractivity contribution is 0.266. The second-order valence-electron chi connectivity index (χ2n) is 8.14. The van der Waals surface area contributed by atoms with Gasteiger partial charge in [-0.25, -0.2) is 0 Å². The molecule has 0 aliphatic rings. The van der Waals surface area contributed by atoms with Crippen molar-refractivity contribution >= 4 is 33.9 Å². The molecule has 0 radical (unpaired) electrons. The minimum Gasteiger partial charge on any atom is -0.494 e. The number of ether oxygens (including phenoxy) is 2. The lowest BCUT2D eigenvalue weighted by Crippen LogP contribution is -2.41. The predicted octanol–water partition coefficient (Wildman–Crippen LogP) is 4.87. The maximum atomic E-state index is 12.9. The van der Waals surface area contributed by atoms with Gasteiger partial charge in [0.15, 0.2) is 5.11 Å². The van der Waals surface area contributed by atoms with Gasteiger partial charge in [-0.15, -0.1) is 0 Å². The Kier molecular flexibility index (Phi) is 9.93. The fraction of sp³-hybridized carbons (Fsp3) is 0.407. The van der Waals surface area contributed by atoms with Crippen molar-refractivity contribution in [1.29, 1.82) is 0 Å². The van der Waals surface area contributed by atoms with E-state index in [2.05, 4.69) is 29.0 Å². The van der Waals surface area contributed by atoms with E-state index in [4.69, 9.17) is 21.7 Å². The van der Waals surface area contributed by atoms with Gasteiger partial charge in [-0.2, -0.15) is 0 Å². The first-order valence-corrected chi connectivity index (χ1v) is 12.7. The van der Waals surface area contributed by atoms with Crippen LogP contribution in [-0.4, -0.2) is 59.3 Å². The number of likely N-dealkylation sites (N-methyl/N-ethyl adjacent to an activating group) is 1. The molecule has 1 aromatic heterocycles. The molecular weight excluding hydrogens is 460 g/mol. The molecule has 7 nitrogen and oxygen atoms in total. The highest BCUT2D eigenvalue weighted by Gasteiger charge is 2.15.